The standard InChI is InChI=1S/C21H20ClN3O3/c1-25-19(13-17(24-25)15-9-6-10-16(22)12-15)20(26)23-18(21(27)28-2)11-14-7-4-3-5-8-14/h3-10,12-13,18H,11H2,1-2H3,(H,23,26)/t18-/m1/s1. The first kappa shape index (κ1) is 19.6. The number of nitrogens with one attached hydrogen (secondary N) is 1. The van der Waals surface area contributed by atoms with Crippen LogP contribution in [0.4, 0.5) is 0 Å². The van der Waals surface area contributed by atoms with Crippen molar-refractivity contribution >= 4 is 23.5 Å². The molecule has 3 rings (SSSR count). The third-order valence-electron chi connectivity index (χ3n) is 4.31. The fraction of sp³-hybridized carbons (Fsp3) is 0.190. The molecule has 0 aliphatic carbocycles. The molecule has 0 aliphatic rings. The highest BCUT2D eigenvalue weighted by Crippen LogP contribution is 2.22. The molecule has 0 fully saturated rings. The molecule has 144 valence electrons. The van der Waals surface area contributed by atoms with Gasteiger partial charge in [0.2, 0.25) is 0 Å². The minimum absolute atomic E-state index is 0.331. The van der Waals surface area contributed by atoms with Crippen molar-refractivity contribution in [1.82, 2.24) is 15.1 Å². The Kier molecular flexibility index (Phi) is 6.11. The largest absolute Gasteiger partial charge is 0.467 e. The van der Waals surface area contributed by atoms with Crippen molar-refractivity contribution in [3.63, 3.8) is 0 Å². The molecule has 3 aromatic rings. The summed E-state index contributed by atoms with van der Waals surface area (Å²) in [4.78, 5) is 25.0. The Morgan fingerprint density at radius 1 is 1.14 bits per heavy atom. The number of benzene rings is 2. The van der Waals surface area contributed by atoms with Gasteiger partial charge in [0, 0.05) is 24.1 Å². The number of methoxy groups -OCH3 is 1. The zero-order chi connectivity index (χ0) is 20.1. The lowest BCUT2D eigenvalue weighted by Gasteiger charge is -2.16. The van der Waals surface area contributed by atoms with Crippen LogP contribution in [0.5, 0.6) is 0 Å². The Balaban J connectivity index is 1.81. The van der Waals surface area contributed by atoms with Gasteiger partial charge >= 0.3 is 5.97 Å². The number of carbonyl (C=O) groups is 2. The van der Waals surface area contributed by atoms with Crippen LogP contribution in [-0.4, -0.2) is 34.8 Å². The summed E-state index contributed by atoms with van der Waals surface area (Å²) in [6.07, 6.45) is 0.332. The van der Waals surface area contributed by atoms with Crippen LogP contribution in [0.1, 0.15) is 16.1 Å². The molecule has 0 saturated carbocycles. The average molecular weight is 398 g/mol. The number of esters is 1. The topological polar surface area (TPSA) is 73.2 Å². The number of hydrogen-bond acceptors (Lipinski definition) is 4. The van der Waals surface area contributed by atoms with Crippen LogP contribution in [0.2, 0.25) is 5.02 Å². The first-order chi connectivity index (χ1) is 13.5. The Labute approximate surface area is 168 Å². The minimum atomic E-state index is -0.801. The molecule has 1 amide bonds. The van der Waals surface area contributed by atoms with E-state index >= 15 is 0 Å². The number of rotatable bonds is 6. The van der Waals surface area contributed by atoms with Gasteiger partial charge in [0.1, 0.15) is 11.7 Å². The maximum absolute atomic E-state index is 12.8. The fourth-order valence-electron chi connectivity index (χ4n) is 2.89. The van der Waals surface area contributed by atoms with E-state index in [1.807, 2.05) is 42.5 Å². The van der Waals surface area contributed by atoms with Gasteiger partial charge in [-0.05, 0) is 23.8 Å². The molecule has 1 N–H and O–H groups in total. The average Bonchev–Trinajstić information content (AvgIpc) is 3.09. The molecule has 0 saturated heterocycles. The van der Waals surface area contributed by atoms with Crippen molar-refractivity contribution in [1.29, 1.82) is 0 Å². The third kappa shape index (κ3) is 4.58. The van der Waals surface area contributed by atoms with E-state index in [1.54, 1.807) is 25.2 Å². The molecule has 7 heteroatoms. The number of aryl methyl sites for hydroxylation is 1. The zero-order valence-corrected chi connectivity index (χ0v) is 16.3. The summed E-state index contributed by atoms with van der Waals surface area (Å²) in [5.41, 5.74) is 2.67. The summed E-state index contributed by atoms with van der Waals surface area (Å²) in [6, 6.07) is 17.5. The highest BCUT2D eigenvalue weighted by Gasteiger charge is 2.24. The smallest absolute Gasteiger partial charge is 0.328 e. The van der Waals surface area contributed by atoms with E-state index in [2.05, 4.69) is 10.4 Å². The fourth-order valence-corrected chi connectivity index (χ4v) is 3.08. The lowest BCUT2D eigenvalue weighted by Crippen LogP contribution is -2.43. The predicted octanol–water partition coefficient (Wildman–Crippen LogP) is 3.25. The van der Waals surface area contributed by atoms with Gasteiger partial charge in [-0.2, -0.15) is 5.10 Å². The van der Waals surface area contributed by atoms with Gasteiger partial charge in [-0.1, -0.05) is 54.1 Å². The van der Waals surface area contributed by atoms with Crippen molar-refractivity contribution in [2.24, 2.45) is 7.05 Å². The van der Waals surface area contributed by atoms with Gasteiger partial charge in [0.05, 0.1) is 12.8 Å². The van der Waals surface area contributed by atoms with Gasteiger partial charge in [0.25, 0.3) is 5.91 Å². The molecular weight excluding hydrogens is 378 g/mol. The molecule has 1 atom stereocenters. The summed E-state index contributed by atoms with van der Waals surface area (Å²) in [6.45, 7) is 0. The summed E-state index contributed by atoms with van der Waals surface area (Å²) in [7, 11) is 2.97. The molecule has 0 unspecified atom stereocenters. The molecule has 1 aromatic heterocycles. The number of nitrogens with zero attached hydrogens (tertiary/aromatic N) is 2. The molecule has 0 spiro atoms. The van der Waals surface area contributed by atoms with Crippen molar-refractivity contribution in [3.05, 3.63) is 76.9 Å². The summed E-state index contributed by atoms with van der Waals surface area (Å²) < 4.78 is 6.32. The van der Waals surface area contributed by atoms with E-state index < -0.39 is 17.9 Å². The summed E-state index contributed by atoms with van der Waals surface area (Å²) in [5.74, 6) is -0.913. The van der Waals surface area contributed by atoms with Crippen molar-refractivity contribution in [3.8, 4) is 11.3 Å². The molecule has 0 aliphatic heterocycles. The van der Waals surface area contributed by atoms with Gasteiger partial charge in [0.15, 0.2) is 0 Å². The van der Waals surface area contributed by atoms with E-state index in [-0.39, 0.29) is 0 Å². The van der Waals surface area contributed by atoms with E-state index in [4.69, 9.17) is 16.3 Å². The van der Waals surface area contributed by atoms with E-state index in [0.29, 0.717) is 22.8 Å². The van der Waals surface area contributed by atoms with Crippen molar-refractivity contribution in [2.45, 2.75) is 12.5 Å². The molecule has 2 aromatic carbocycles. The maximum atomic E-state index is 12.8. The molecular formula is C21H20ClN3O3. The highest BCUT2D eigenvalue weighted by molar-refractivity contribution is 6.30. The van der Waals surface area contributed by atoms with Crippen LogP contribution < -0.4 is 5.32 Å². The Bertz CT molecular complexity index is 986. The molecule has 1 heterocycles. The normalized spacial score (nSPS) is 11.7. The monoisotopic (exact) mass is 397 g/mol. The van der Waals surface area contributed by atoms with Gasteiger partial charge in [-0.3, -0.25) is 9.48 Å². The van der Waals surface area contributed by atoms with E-state index in [1.165, 1.54) is 11.8 Å². The van der Waals surface area contributed by atoms with Crippen LogP contribution in [0.25, 0.3) is 11.3 Å². The number of carbonyl (C=O) groups excluding carboxylic acids is 2. The second-order valence-electron chi connectivity index (χ2n) is 6.29. The molecule has 28 heavy (non-hydrogen) atoms. The van der Waals surface area contributed by atoms with Crippen LogP contribution in [0.3, 0.4) is 0 Å². The van der Waals surface area contributed by atoms with Crippen LogP contribution in [-0.2, 0) is 23.0 Å². The summed E-state index contributed by atoms with van der Waals surface area (Å²) in [5, 5.41) is 7.72. The number of aromatic nitrogens is 2. The van der Waals surface area contributed by atoms with Gasteiger partial charge in [-0.25, -0.2) is 4.79 Å². The van der Waals surface area contributed by atoms with E-state index in [0.717, 1.165) is 11.1 Å². The number of hydrogen-bond donors (Lipinski definition) is 1. The Morgan fingerprint density at radius 3 is 2.57 bits per heavy atom. The molecule has 6 nitrogen and oxygen atoms in total. The molecule has 0 radical (unpaired) electrons. The lowest BCUT2D eigenvalue weighted by atomic mass is 10.1. The van der Waals surface area contributed by atoms with Crippen molar-refractivity contribution < 1.29 is 14.3 Å². The highest BCUT2D eigenvalue weighted by atomic mass is 35.5. The van der Waals surface area contributed by atoms with Crippen LogP contribution in [0, 0.1) is 0 Å². The summed E-state index contributed by atoms with van der Waals surface area (Å²) >= 11 is 6.04. The number of halogens is 1. The lowest BCUT2D eigenvalue weighted by molar-refractivity contribution is -0.142. The molecule has 0 bridgehead atoms. The van der Waals surface area contributed by atoms with Crippen LogP contribution in [0.15, 0.2) is 60.7 Å². The predicted molar refractivity (Wildman–Crippen MR) is 107 cm³/mol. The number of amides is 1. The second-order valence-corrected chi connectivity index (χ2v) is 6.72. The van der Waals surface area contributed by atoms with E-state index in [9.17, 15) is 9.59 Å². The quantitative estimate of drug-likeness (QED) is 0.648. The Hall–Kier alpha value is -3.12. The van der Waals surface area contributed by atoms with Crippen LogP contribution >= 0.6 is 11.6 Å². The second kappa shape index (κ2) is 8.71. The van der Waals surface area contributed by atoms with Crippen molar-refractivity contribution in [2.75, 3.05) is 7.11 Å². The van der Waals surface area contributed by atoms with Gasteiger partial charge in [-0.15, -0.1) is 0 Å². The maximum Gasteiger partial charge on any atom is 0.328 e. The number of ether oxygens (including phenoxy) is 1. The van der Waals surface area contributed by atoms with Gasteiger partial charge < -0.3 is 10.1 Å². The minimum Gasteiger partial charge on any atom is -0.467 e. The zero-order valence-electron chi connectivity index (χ0n) is 15.6. The SMILES string of the molecule is COC(=O)[C@@H](Cc1ccccc1)NC(=O)c1cc(-c2cccc(Cl)c2)nn1C. The first-order valence-electron chi connectivity index (χ1n) is 8.70. The third-order valence-corrected chi connectivity index (χ3v) is 4.54. The first-order valence-corrected chi connectivity index (χ1v) is 9.08. The Morgan fingerprint density at radius 2 is 1.89 bits per heavy atom.